The van der Waals surface area contributed by atoms with Crippen LogP contribution in [0.5, 0.6) is 0 Å². The van der Waals surface area contributed by atoms with Crippen LogP contribution in [0.2, 0.25) is 0 Å². The third-order valence-corrected chi connectivity index (χ3v) is 3.56. The lowest BCUT2D eigenvalue weighted by atomic mass is 10.1. The highest BCUT2D eigenvalue weighted by Gasteiger charge is 2.18. The number of likely N-dealkylation sites (N-methyl/N-ethyl adjacent to an activating group) is 1. The average Bonchev–Trinajstić information content (AvgIpc) is 2.57. The number of hydrogen-bond donors (Lipinski definition) is 3. The molecule has 1 unspecified atom stereocenters. The number of rotatable bonds is 9. The summed E-state index contributed by atoms with van der Waals surface area (Å²) in [6.45, 7) is 6.34. The van der Waals surface area contributed by atoms with Gasteiger partial charge in [0.15, 0.2) is 0 Å². The van der Waals surface area contributed by atoms with E-state index in [0.717, 1.165) is 18.7 Å². The highest BCUT2D eigenvalue weighted by atomic mass is 35.5. The Morgan fingerprint density at radius 3 is 2.12 bits per heavy atom. The van der Waals surface area contributed by atoms with Crippen molar-refractivity contribution in [1.82, 2.24) is 15.5 Å². The number of halogens is 2. The molecule has 0 radical (unpaired) electrons. The van der Waals surface area contributed by atoms with Gasteiger partial charge in [0.1, 0.15) is 0 Å². The Kier molecular flexibility index (Phi) is 14.6. The van der Waals surface area contributed by atoms with E-state index in [1.54, 1.807) is 0 Å². The van der Waals surface area contributed by atoms with Crippen LogP contribution in [0.4, 0.5) is 0 Å². The van der Waals surface area contributed by atoms with Gasteiger partial charge in [-0.2, -0.15) is 0 Å². The highest BCUT2D eigenvalue weighted by Crippen LogP contribution is 2.19. The van der Waals surface area contributed by atoms with Crippen molar-refractivity contribution in [2.24, 2.45) is 5.73 Å². The van der Waals surface area contributed by atoms with Crippen molar-refractivity contribution in [2.75, 3.05) is 32.7 Å². The number of carbonyl (C=O) groups is 2. The zero-order valence-electron chi connectivity index (χ0n) is 14.2. The lowest BCUT2D eigenvalue weighted by Gasteiger charge is -2.30. The Bertz CT molecular complexity index is 470. The minimum absolute atomic E-state index is 0. The predicted octanol–water partition coefficient (Wildman–Crippen LogP) is 1.10. The summed E-state index contributed by atoms with van der Waals surface area (Å²) >= 11 is 0. The maximum Gasteiger partial charge on any atom is 0.239 e. The Balaban J connectivity index is 0. The van der Waals surface area contributed by atoms with Crippen LogP contribution in [-0.2, 0) is 9.59 Å². The molecular weight excluding hydrogens is 351 g/mol. The van der Waals surface area contributed by atoms with E-state index in [9.17, 15) is 9.59 Å². The topological polar surface area (TPSA) is 87.5 Å². The molecule has 6 nitrogen and oxygen atoms in total. The van der Waals surface area contributed by atoms with Gasteiger partial charge in [0.25, 0.3) is 0 Å². The third kappa shape index (κ3) is 8.49. The first-order chi connectivity index (χ1) is 10.6. The van der Waals surface area contributed by atoms with E-state index in [1.807, 2.05) is 18.2 Å². The zero-order chi connectivity index (χ0) is 16.4. The summed E-state index contributed by atoms with van der Waals surface area (Å²) in [6.07, 6.45) is 0. The number of hydrogen-bond acceptors (Lipinski definition) is 4. The summed E-state index contributed by atoms with van der Waals surface area (Å²) in [4.78, 5) is 25.2. The average molecular weight is 379 g/mol. The van der Waals surface area contributed by atoms with E-state index < -0.39 is 0 Å². The molecule has 1 aromatic carbocycles. The van der Waals surface area contributed by atoms with Crippen LogP contribution in [0.3, 0.4) is 0 Å². The van der Waals surface area contributed by atoms with E-state index in [-0.39, 0.29) is 55.8 Å². The van der Waals surface area contributed by atoms with Crippen LogP contribution in [-0.4, -0.2) is 49.4 Å². The van der Waals surface area contributed by atoms with Crippen molar-refractivity contribution >= 4 is 36.6 Å². The number of benzene rings is 1. The van der Waals surface area contributed by atoms with Gasteiger partial charge in [-0.3, -0.25) is 14.5 Å². The lowest BCUT2D eigenvalue weighted by molar-refractivity contribution is -0.125. The summed E-state index contributed by atoms with van der Waals surface area (Å²) in [5, 5.41) is 5.34. The smallest absolute Gasteiger partial charge is 0.239 e. The van der Waals surface area contributed by atoms with Gasteiger partial charge >= 0.3 is 0 Å². The molecule has 0 fully saturated rings. The fraction of sp³-hybridized carbons (Fsp3) is 0.500. The first-order valence-electron chi connectivity index (χ1n) is 7.64. The summed E-state index contributed by atoms with van der Waals surface area (Å²) in [5.41, 5.74) is 6.35. The molecule has 0 saturated carbocycles. The molecule has 0 aliphatic rings. The molecule has 0 aliphatic heterocycles. The van der Waals surface area contributed by atoms with Crippen LogP contribution in [0, 0.1) is 0 Å². The van der Waals surface area contributed by atoms with Crippen molar-refractivity contribution in [1.29, 1.82) is 0 Å². The minimum Gasteiger partial charge on any atom is -0.353 e. The van der Waals surface area contributed by atoms with Crippen molar-refractivity contribution < 1.29 is 9.59 Å². The second kappa shape index (κ2) is 14.0. The van der Waals surface area contributed by atoms with Crippen LogP contribution in [0.15, 0.2) is 30.3 Å². The van der Waals surface area contributed by atoms with Gasteiger partial charge in [0.05, 0.1) is 19.1 Å². The van der Waals surface area contributed by atoms with E-state index in [2.05, 4.69) is 41.5 Å². The first kappa shape index (κ1) is 24.9. The van der Waals surface area contributed by atoms with Crippen molar-refractivity contribution in [2.45, 2.75) is 19.9 Å². The van der Waals surface area contributed by atoms with Gasteiger partial charge in [-0.15, -0.1) is 24.8 Å². The highest BCUT2D eigenvalue weighted by molar-refractivity contribution is 5.86. The molecule has 0 aliphatic carbocycles. The van der Waals surface area contributed by atoms with Crippen molar-refractivity contribution in [3.8, 4) is 0 Å². The number of amides is 2. The van der Waals surface area contributed by atoms with E-state index in [1.165, 1.54) is 0 Å². The van der Waals surface area contributed by atoms with Gasteiger partial charge in [0.2, 0.25) is 11.8 Å². The summed E-state index contributed by atoms with van der Waals surface area (Å²) in [6, 6.07) is 10.2. The number of nitrogens with one attached hydrogen (secondary N) is 2. The van der Waals surface area contributed by atoms with Gasteiger partial charge in [0, 0.05) is 6.54 Å². The number of nitrogens with two attached hydrogens (primary N) is 1. The summed E-state index contributed by atoms with van der Waals surface area (Å²) in [7, 11) is 0. The molecule has 0 aromatic heterocycles. The SMILES string of the molecule is CCN(CC)C(CNC(=O)CNC(=O)CN)c1ccccc1.Cl.Cl. The fourth-order valence-corrected chi connectivity index (χ4v) is 2.32. The third-order valence-electron chi connectivity index (χ3n) is 3.56. The number of carbonyl (C=O) groups excluding carboxylic acids is 2. The largest absolute Gasteiger partial charge is 0.353 e. The molecule has 1 atom stereocenters. The zero-order valence-corrected chi connectivity index (χ0v) is 15.8. The molecular formula is C16H28Cl2N4O2. The van der Waals surface area contributed by atoms with E-state index >= 15 is 0 Å². The van der Waals surface area contributed by atoms with Crippen LogP contribution < -0.4 is 16.4 Å². The normalized spacial score (nSPS) is 11.0. The molecule has 1 rings (SSSR count). The molecule has 0 heterocycles. The maximum absolute atomic E-state index is 11.8. The molecule has 0 bridgehead atoms. The van der Waals surface area contributed by atoms with E-state index in [4.69, 9.17) is 5.73 Å². The minimum atomic E-state index is -0.335. The van der Waals surface area contributed by atoms with Crippen LogP contribution in [0.25, 0.3) is 0 Å². The van der Waals surface area contributed by atoms with Crippen LogP contribution in [0.1, 0.15) is 25.5 Å². The summed E-state index contributed by atoms with van der Waals surface area (Å²) < 4.78 is 0. The van der Waals surface area contributed by atoms with Gasteiger partial charge in [-0.25, -0.2) is 0 Å². The Labute approximate surface area is 156 Å². The second-order valence-electron chi connectivity index (χ2n) is 4.93. The Morgan fingerprint density at radius 1 is 1.04 bits per heavy atom. The van der Waals surface area contributed by atoms with Gasteiger partial charge in [-0.1, -0.05) is 44.2 Å². The fourth-order valence-electron chi connectivity index (χ4n) is 2.32. The molecule has 1 aromatic rings. The van der Waals surface area contributed by atoms with Crippen molar-refractivity contribution in [3.05, 3.63) is 35.9 Å². The molecule has 8 heteroatoms. The van der Waals surface area contributed by atoms with Crippen LogP contribution >= 0.6 is 24.8 Å². The predicted molar refractivity (Wildman–Crippen MR) is 102 cm³/mol. The molecule has 2 amide bonds. The maximum atomic E-state index is 11.8. The second-order valence-corrected chi connectivity index (χ2v) is 4.93. The Hall–Kier alpha value is -1.34. The summed E-state index contributed by atoms with van der Waals surface area (Å²) in [5.74, 6) is -0.548. The molecule has 138 valence electrons. The monoisotopic (exact) mass is 378 g/mol. The Morgan fingerprint density at radius 2 is 1.62 bits per heavy atom. The quantitative estimate of drug-likeness (QED) is 0.600. The van der Waals surface area contributed by atoms with Gasteiger partial charge < -0.3 is 16.4 Å². The van der Waals surface area contributed by atoms with E-state index in [0.29, 0.717) is 6.54 Å². The molecule has 0 spiro atoms. The molecule has 0 saturated heterocycles. The lowest BCUT2D eigenvalue weighted by Crippen LogP contribution is -2.43. The molecule has 4 N–H and O–H groups in total. The molecule has 24 heavy (non-hydrogen) atoms. The van der Waals surface area contributed by atoms with Crippen molar-refractivity contribution in [3.63, 3.8) is 0 Å². The number of nitrogens with zero attached hydrogens (tertiary/aromatic N) is 1. The first-order valence-corrected chi connectivity index (χ1v) is 7.64. The van der Waals surface area contributed by atoms with Gasteiger partial charge in [-0.05, 0) is 18.7 Å². The standard InChI is InChI=1S/C16H26N4O2.2ClH/c1-3-20(4-2)14(13-8-6-5-7-9-13)11-18-16(22)12-19-15(21)10-17;;/h5-9,14H,3-4,10-12,17H2,1-2H3,(H,18,22)(H,19,21);2*1H.